The summed E-state index contributed by atoms with van der Waals surface area (Å²) in [7, 11) is 2.13. The molecule has 1 aromatic rings. The van der Waals surface area contributed by atoms with E-state index in [-0.39, 0.29) is 11.9 Å². The minimum atomic E-state index is -0.129. The second-order valence-corrected chi connectivity index (χ2v) is 6.79. The van der Waals surface area contributed by atoms with E-state index in [1.807, 2.05) is 13.8 Å². The van der Waals surface area contributed by atoms with Crippen LogP contribution < -0.4 is 16.0 Å². The van der Waals surface area contributed by atoms with Crippen molar-refractivity contribution >= 4 is 28.3 Å². The van der Waals surface area contributed by atoms with Crippen molar-refractivity contribution in [3.63, 3.8) is 0 Å². The lowest BCUT2D eigenvalue weighted by molar-refractivity contribution is 0.0944. The third-order valence-electron chi connectivity index (χ3n) is 3.65. The van der Waals surface area contributed by atoms with Crippen LogP contribution >= 0.6 is 11.5 Å². The zero-order chi connectivity index (χ0) is 15.6. The fourth-order valence-electron chi connectivity index (χ4n) is 2.71. The van der Waals surface area contributed by atoms with Gasteiger partial charge in [-0.3, -0.25) is 4.79 Å². The lowest BCUT2D eigenvalue weighted by Crippen LogP contribution is -2.39. The topological polar surface area (TPSA) is 74.5 Å². The zero-order valence-corrected chi connectivity index (χ0v) is 14.0. The molecular weight excluding hydrogens is 286 g/mol. The maximum Gasteiger partial charge on any atom is 0.258 e. The third-order valence-corrected chi connectivity index (χ3v) is 4.55. The van der Waals surface area contributed by atoms with Crippen LogP contribution in [0.3, 0.4) is 0 Å². The van der Waals surface area contributed by atoms with Crippen LogP contribution in [-0.4, -0.2) is 53.9 Å². The second kappa shape index (κ2) is 6.62. The molecule has 7 heteroatoms. The van der Waals surface area contributed by atoms with Crippen molar-refractivity contribution < 1.29 is 4.79 Å². The van der Waals surface area contributed by atoms with E-state index in [2.05, 4.69) is 33.5 Å². The van der Waals surface area contributed by atoms with E-state index in [4.69, 9.17) is 5.73 Å². The number of likely N-dealkylation sites (N-methyl/N-ethyl adjacent to an activating group) is 1. The van der Waals surface area contributed by atoms with Crippen LogP contribution in [0, 0.1) is 0 Å². The van der Waals surface area contributed by atoms with Gasteiger partial charge >= 0.3 is 0 Å². The van der Waals surface area contributed by atoms with Crippen molar-refractivity contribution in [2.75, 3.05) is 37.3 Å². The third kappa shape index (κ3) is 3.65. The molecule has 1 saturated heterocycles. The summed E-state index contributed by atoms with van der Waals surface area (Å²) in [5.41, 5.74) is 6.47. The maximum absolute atomic E-state index is 12.4. The van der Waals surface area contributed by atoms with Gasteiger partial charge in [0.1, 0.15) is 10.6 Å². The van der Waals surface area contributed by atoms with Crippen molar-refractivity contribution in [2.45, 2.75) is 39.3 Å². The molecule has 3 N–H and O–H groups in total. The number of hydrogen-bond donors (Lipinski definition) is 2. The van der Waals surface area contributed by atoms with Gasteiger partial charge in [0.05, 0.1) is 0 Å². The Bertz CT molecular complexity index is 502. The Morgan fingerprint density at radius 2 is 2.19 bits per heavy atom. The summed E-state index contributed by atoms with van der Waals surface area (Å²) in [6.45, 7) is 9.04. The van der Waals surface area contributed by atoms with Gasteiger partial charge in [0.15, 0.2) is 5.82 Å². The molecule has 6 nitrogen and oxygen atoms in total. The van der Waals surface area contributed by atoms with Crippen molar-refractivity contribution in [1.82, 2.24) is 14.6 Å². The Morgan fingerprint density at radius 1 is 1.48 bits per heavy atom. The predicted octanol–water partition coefficient (Wildman–Crippen LogP) is 1.39. The predicted molar refractivity (Wildman–Crippen MR) is 88.1 cm³/mol. The molecule has 0 aromatic carbocycles. The summed E-state index contributed by atoms with van der Waals surface area (Å²) in [5, 5.41) is 3.81. The lowest BCUT2D eigenvalue weighted by atomic mass is 10.2. The Kier molecular flexibility index (Phi) is 5.05. The van der Waals surface area contributed by atoms with E-state index in [9.17, 15) is 4.79 Å². The molecule has 21 heavy (non-hydrogen) atoms. The van der Waals surface area contributed by atoms with E-state index in [0.29, 0.717) is 17.4 Å². The van der Waals surface area contributed by atoms with Crippen LogP contribution in [0.5, 0.6) is 0 Å². The van der Waals surface area contributed by atoms with E-state index in [1.54, 1.807) is 0 Å². The van der Waals surface area contributed by atoms with Gasteiger partial charge in [-0.05, 0) is 52.3 Å². The molecule has 1 fully saturated rings. The molecule has 1 aromatic heterocycles. The molecule has 0 bridgehead atoms. The highest BCUT2D eigenvalue weighted by atomic mass is 32.1. The Morgan fingerprint density at radius 3 is 2.86 bits per heavy atom. The number of aromatic nitrogens is 1. The average Bonchev–Trinajstić information content (AvgIpc) is 2.66. The average molecular weight is 311 g/mol. The highest BCUT2D eigenvalue weighted by molar-refractivity contribution is 7.11. The molecule has 1 atom stereocenters. The molecule has 0 radical (unpaired) electrons. The Labute approximate surface area is 130 Å². The molecule has 0 aliphatic carbocycles. The van der Waals surface area contributed by atoms with Gasteiger partial charge in [0, 0.05) is 25.2 Å². The molecule has 1 unspecified atom stereocenters. The smallest absolute Gasteiger partial charge is 0.258 e. The lowest BCUT2D eigenvalue weighted by Gasteiger charge is -2.29. The molecule has 1 aliphatic heterocycles. The van der Waals surface area contributed by atoms with Crippen molar-refractivity contribution in [2.24, 2.45) is 0 Å². The SMILES string of the molecule is CC(C)NC(=O)c1c(N)nsc1N1CCCN(C)CC1C. The zero-order valence-electron chi connectivity index (χ0n) is 13.2. The molecule has 118 valence electrons. The molecule has 0 spiro atoms. The summed E-state index contributed by atoms with van der Waals surface area (Å²) in [4.78, 5) is 17.0. The second-order valence-electron chi connectivity index (χ2n) is 6.03. The molecule has 1 aliphatic rings. The van der Waals surface area contributed by atoms with Crippen LogP contribution in [0.4, 0.5) is 10.8 Å². The Balaban J connectivity index is 2.29. The van der Waals surface area contributed by atoms with Crippen LogP contribution in [0.2, 0.25) is 0 Å². The first-order chi connectivity index (χ1) is 9.90. The van der Waals surface area contributed by atoms with Crippen molar-refractivity contribution in [3.8, 4) is 0 Å². The summed E-state index contributed by atoms with van der Waals surface area (Å²) in [5.74, 6) is 0.203. The number of amides is 1. The number of rotatable bonds is 3. The number of hydrogen-bond acceptors (Lipinski definition) is 6. The molecule has 2 heterocycles. The number of nitrogens with one attached hydrogen (secondary N) is 1. The summed E-state index contributed by atoms with van der Waals surface area (Å²) >= 11 is 1.32. The normalized spacial score (nSPS) is 20.6. The van der Waals surface area contributed by atoms with Gasteiger partial charge < -0.3 is 20.9 Å². The van der Waals surface area contributed by atoms with Gasteiger partial charge in [-0.1, -0.05) is 0 Å². The van der Waals surface area contributed by atoms with Gasteiger partial charge in [-0.25, -0.2) is 0 Å². The first kappa shape index (κ1) is 16.0. The number of nitrogen functional groups attached to an aromatic ring is 1. The van der Waals surface area contributed by atoms with E-state index in [0.717, 1.165) is 31.1 Å². The minimum absolute atomic E-state index is 0.0809. The number of anilines is 2. The highest BCUT2D eigenvalue weighted by Crippen LogP contribution is 2.33. The van der Waals surface area contributed by atoms with Gasteiger partial charge in [-0.2, -0.15) is 4.37 Å². The summed E-state index contributed by atoms with van der Waals surface area (Å²) in [6, 6.07) is 0.417. The van der Waals surface area contributed by atoms with Crippen LogP contribution in [0.15, 0.2) is 0 Å². The molecular formula is C14H25N5OS. The summed E-state index contributed by atoms with van der Waals surface area (Å²) in [6.07, 6.45) is 1.07. The standard InChI is InChI=1S/C14H25N5OS/c1-9(2)16-13(20)11-12(15)17-21-14(11)19-7-5-6-18(4)8-10(19)3/h9-10H,5-8H2,1-4H3,(H2,15,17)(H,16,20). The van der Waals surface area contributed by atoms with Crippen LogP contribution in [0.25, 0.3) is 0 Å². The quantitative estimate of drug-likeness (QED) is 0.882. The maximum atomic E-state index is 12.4. The molecule has 0 saturated carbocycles. The van der Waals surface area contributed by atoms with Gasteiger partial charge in [0.2, 0.25) is 0 Å². The largest absolute Gasteiger partial charge is 0.382 e. The van der Waals surface area contributed by atoms with Crippen molar-refractivity contribution in [3.05, 3.63) is 5.56 Å². The molecule has 2 rings (SSSR count). The fourth-order valence-corrected chi connectivity index (χ4v) is 3.65. The Hall–Kier alpha value is -1.34. The van der Waals surface area contributed by atoms with E-state index >= 15 is 0 Å². The first-order valence-corrected chi connectivity index (χ1v) is 8.18. The first-order valence-electron chi connectivity index (χ1n) is 7.41. The number of carbonyl (C=O) groups is 1. The minimum Gasteiger partial charge on any atom is -0.382 e. The van der Waals surface area contributed by atoms with Crippen molar-refractivity contribution in [1.29, 1.82) is 0 Å². The number of carbonyl (C=O) groups excluding carboxylic acids is 1. The van der Waals surface area contributed by atoms with Gasteiger partial charge in [0.25, 0.3) is 5.91 Å². The molecule has 1 amide bonds. The van der Waals surface area contributed by atoms with Crippen LogP contribution in [0.1, 0.15) is 37.6 Å². The number of nitrogens with zero attached hydrogens (tertiary/aromatic N) is 3. The van der Waals surface area contributed by atoms with E-state index < -0.39 is 0 Å². The highest BCUT2D eigenvalue weighted by Gasteiger charge is 2.28. The fraction of sp³-hybridized carbons (Fsp3) is 0.714. The van der Waals surface area contributed by atoms with Crippen LogP contribution in [-0.2, 0) is 0 Å². The number of nitrogens with two attached hydrogens (primary N) is 1. The van der Waals surface area contributed by atoms with Gasteiger partial charge in [-0.15, -0.1) is 0 Å². The van der Waals surface area contributed by atoms with E-state index in [1.165, 1.54) is 11.5 Å². The summed E-state index contributed by atoms with van der Waals surface area (Å²) < 4.78 is 4.21. The monoisotopic (exact) mass is 311 g/mol.